The molecule has 2 nitrogen and oxygen atoms in total. The van der Waals surface area contributed by atoms with Crippen LogP contribution < -0.4 is 0 Å². The van der Waals surface area contributed by atoms with Crippen LogP contribution in [0.1, 0.15) is 16.7 Å². The van der Waals surface area contributed by atoms with E-state index in [2.05, 4.69) is 0 Å². The van der Waals surface area contributed by atoms with Crippen LogP contribution in [-0.2, 0) is 0 Å². The Bertz CT molecular complexity index is 545. The fraction of sp³-hybridized carbons (Fsp3) is 0.200. The highest BCUT2D eigenvalue weighted by Gasteiger charge is 2.13. The Hall–Kier alpha value is -1.96. The smallest absolute Gasteiger partial charge is 0.122 e. The summed E-state index contributed by atoms with van der Waals surface area (Å²) in [7, 11) is 0. The Morgan fingerprint density at radius 3 is 1.94 bits per heavy atom. The van der Waals surface area contributed by atoms with Crippen LogP contribution in [-0.4, -0.2) is 10.2 Å². The molecule has 2 rings (SSSR count). The Kier molecular flexibility index (Phi) is 2.80. The molecule has 0 aliphatic heterocycles. The molecule has 0 aliphatic rings. The van der Waals surface area contributed by atoms with Crippen molar-refractivity contribution >= 4 is 0 Å². The van der Waals surface area contributed by atoms with Crippen LogP contribution >= 0.6 is 0 Å². The Balaban J connectivity index is 2.75. The fourth-order valence-corrected chi connectivity index (χ4v) is 2.12. The number of hydrogen-bond acceptors (Lipinski definition) is 2. The summed E-state index contributed by atoms with van der Waals surface area (Å²) in [5.41, 5.74) is 4.68. The van der Waals surface area contributed by atoms with Crippen LogP contribution in [0.5, 0.6) is 11.5 Å². The van der Waals surface area contributed by atoms with E-state index in [1.54, 1.807) is 0 Å². The summed E-state index contributed by atoms with van der Waals surface area (Å²) < 4.78 is 0. The van der Waals surface area contributed by atoms with Gasteiger partial charge in [-0.15, -0.1) is 0 Å². The van der Waals surface area contributed by atoms with Crippen LogP contribution in [0.3, 0.4) is 0 Å². The molecule has 0 spiro atoms. The van der Waals surface area contributed by atoms with Crippen molar-refractivity contribution in [1.82, 2.24) is 0 Å². The first-order valence-corrected chi connectivity index (χ1v) is 5.60. The molecule has 17 heavy (non-hydrogen) atoms. The van der Waals surface area contributed by atoms with Crippen molar-refractivity contribution in [2.24, 2.45) is 0 Å². The molecule has 0 heterocycles. The number of rotatable bonds is 1. The lowest BCUT2D eigenvalue weighted by Crippen LogP contribution is -1.90. The highest BCUT2D eigenvalue weighted by molar-refractivity contribution is 5.76. The molecule has 0 bridgehead atoms. The molecular formula is C15H16O2. The minimum Gasteiger partial charge on any atom is -0.508 e. The third kappa shape index (κ3) is 1.98. The number of aromatic hydroxyl groups is 2. The molecule has 2 aromatic rings. The van der Waals surface area contributed by atoms with Gasteiger partial charge in [0, 0.05) is 6.07 Å². The maximum Gasteiger partial charge on any atom is 0.122 e. The van der Waals surface area contributed by atoms with E-state index < -0.39 is 0 Å². The first-order chi connectivity index (χ1) is 8.00. The molecule has 88 valence electrons. The molecule has 0 unspecified atom stereocenters. The summed E-state index contributed by atoms with van der Waals surface area (Å²) in [6.07, 6.45) is 0. The summed E-state index contributed by atoms with van der Waals surface area (Å²) in [5, 5.41) is 19.6. The largest absolute Gasteiger partial charge is 0.508 e. The van der Waals surface area contributed by atoms with Crippen molar-refractivity contribution < 1.29 is 10.2 Å². The zero-order valence-corrected chi connectivity index (χ0v) is 10.3. The van der Waals surface area contributed by atoms with Gasteiger partial charge in [0.1, 0.15) is 11.5 Å². The summed E-state index contributed by atoms with van der Waals surface area (Å²) in [5.74, 6) is 0.259. The van der Waals surface area contributed by atoms with Crippen molar-refractivity contribution in [1.29, 1.82) is 0 Å². The molecule has 0 saturated heterocycles. The Labute approximate surface area is 101 Å². The maximum absolute atomic E-state index is 9.78. The standard InChI is InChI=1S/C15H16O2/c1-9-5-4-6-12(7-9)15-10(2)13(16)8-14(17)11(15)3/h4-8,16-17H,1-3H3. The minimum absolute atomic E-state index is 0.129. The van der Waals surface area contributed by atoms with Crippen molar-refractivity contribution in [3.63, 3.8) is 0 Å². The Morgan fingerprint density at radius 2 is 1.41 bits per heavy atom. The number of phenols is 2. The van der Waals surface area contributed by atoms with Gasteiger partial charge in [-0.1, -0.05) is 29.8 Å². The molecule has 0 aromatic heterocycles. The third-order valence-electron chi connectivity index (χ3n) is 3.10. The van der Waals surface area contributed by atoms with Crippen LogP contribution in [0.4, 0.5) is 0 Å². The minimum atomic E-state index is 0.129. The van der Waals surface area contributed by atoms with Crippen LogP contribution in [0.15, 0.2) is 30.3 Å². The lowest BCUT2D eigenvalue weighted by atomic mass is 9.93. The number of aryl methyl sites for hydroxylation is 1. The second-order valence-electron chi connectivity index (χ2n) is 4.41. The van der Waals surface area contributed by atoms with Gasteiger partial charge in [0.25, 0.3) is 0 Å². The van der Waals surface area contributed by atoms with Crippen LogP contribution in [0.2, 0.25) is 0 Å². The molecule has 0 amide bonds. The molecular weight excluding hydrogens is 212 g/mol. The summed E-state index contributed by atoms with van der Waals surface area (Å²) in [4.78, 5) is 0. The lowest BCUT2D eigenvalue weighted by molar-refractivity contribution is 0.446. The molecule has 2 aromatic carbocycles. The van der Waals surface area contributed by atoms with E-state index in [0.29, 0.717) is 0 Å². The Morgan fingerprint density at radius 1 is 0.824 bits per heavy atom. The molecule has 0 atom stereocenters. The fourth-order valence-electron chi connectivity index (χ4n) is 2.12. The van der Waals surface area contributed by atoms with Gasteiger partial charge in [0.15, 0.2) is 0 Å². The van der Waals surface area contributed by atoms with Gasteiger partial charge in [0.05, 0.1) is 0 Å². The van der Waals surface area contributed by atoms with Gasteiger partial charge in [0.2, 0.25) is 0 Å². The normalized spacial score (nSPS) is 10.5. The van der Waals surface area contributed by atoms with Crippen molar-refractivity contribution in [2.45, 2.75) is 20.8 Å². The summed E-state index contributed by atoms with van der Waals surface area (Å²) in [6, 6.07) is 9.43. The topological polar surface area (TPSA) is 40.5 Å². The number of phenolic OH excluding ortho intramolecular Hbond substituents is 2. The van der Waals surface area contributed by atoms with E-state index in [1.165, 1.54) is 6.07 Å². The first kappa shape index (κ1) is 11.5. The zero-order valence-electron chi connectivity index (χ0n) is 10.3. The van der Waals surface area contributed by atoms with Crippen molar-refractivity contribution in [3.05, 3.63) is 47.0 Å². The van der Waals surface area contributed by atoms with Gasteiger partial charge in [-0.3, -0.25) is 0 Å². The van der Waals surface area contributed by atoms with Gasteiger partial charge >= 0.3 is 0 Å². The second kappa shape index (κ2) is 4.13. The van der Waals surface area contributed by atoms with Gasteiger partial charge in [-0.2, -0.15) is 0 Å². The third-order valence-corrected chi connectivity index (χ3v) is 3.10. The SMILES string of the molecule is Cc1cccc(-c2c(C)c(O)cc(O)c2C)c1. The van der Waals surface area contributed by atoms with Crippen LogP contribution in [0.25, 0.3) is 11.1 Å². The van der Waals surface area contributed by atoms with E-state index in [1.807, 2.05) is 45.0 Å². The summed E-state index contributed by atoms with van der Waals surface area (Å²) >= 11 is 0. The highest BCUT2D eigenvalue weighted by atomic mass is 16.3. The molecule has 0 aliphatic carbocycles. The summed E-state index contributed by atoms with van der Waals surface area (Å²) in [6.45, 7) is 5.75. The average molecular weight is 228 g/mol. The van der Waals surface area contributed by atoms with Crippen molar-refractivity contribution in [3.8, 4) is 22.6 Å². The van der Waals surface area contributed by atoms with Crippen LogP contribution in [0, 0.1) is 20.8 Å². The monoisotopic (exact) mass is 228 g/mol. The van der Waals surface area contributed by atoms with Crippen molar-refractivity contribution in [2.75, 3.05) is 0 Å². The molecule has 0 saturated carbocycles. The molecule has 2 heteroatoms. The number of hydrogen-bond donors (Lipinski definition) is 2. The van der Waals surface area contributed by atoms with Gasteiger partial charge in [-0.05, 0) is 43.0 Å². The zero-order chi connectivity index (χ0) is 12.6. The predicted octanol–water partition coefficient (Wildman–Crippen LogP) is 3.69. The van der Waals surface area contributed by atoms with E-state index in [0.717, 1.165) is 27.8 Å². The molecule has 0 fully saturated rings. The predicted molar refractivity (Wildman–Crippen MR) is 69.4 cm³/mol. The van der Waals surface area contributed by atoms with E-state index in [-0.39, 0.29) is 11.5 Å². The molecule has 0 radical (unpaired) electrons. The van der Waals surface area contributed by atoms with E-state index in [9.17, 15) is 10.2 Å². The quantitative estimate of drug-likeness (QED) is 0.781. The first-order valence-electron chi connectivity index (χ1n) is 5.60. The van der Waals surface area contributed by atoms with Gasteiger partial charge in [-0.25, -0.2) is 0 Å². The highest BCUT2D eigenvalue weighted by Crippen LogP contribution is 2.37. The van der Waals surface area contributed by atoms with Gasteiger partial charge < -0.3 is 10.2 Å². The maximum atomic E-state index is 9.78. The second-order valence-corrected chi connectivity index (χ2v) is 4.41. The lowest BCUT2D eigenvalue weighted by Gasteiger charge is -2.13. The molecule has 2 N–H and O–H groups in total. The van der Waals surface area contributed by atoms with E-state index in [4.69, 9.17) is 0 Å². The number of benzene rings is 2. The average Bonchev–Trinajstić information content (AvgIpc) is 2.27. The van der Waals surface area contributed by atoms with E-state index >= 15 is 0 Å².